The van der Waals surface area contributed by atoms with Crippen LogP contribution in [0, 0.1) is 5.82 Å². The molecule has 4 nitrogen and oxygen atoms in total. The lowest BCUT2D eigenvalue weighted by atomic mass is 10.0. The third-order valence-electron chi connectivity index (χ3n) is 4.63. The van der Waals surface area contributed by atoms with Crippen molar-refractivity contribution in [3.05, 3.63) is 59.9 Å². The van der Waals surface area contributed by atoms with Gasteiger partial charge in [0, 0.05) is 31.7 Å². The van der Waals surface area contributed by atoms with Gasteiger partial charge in [-0.15, -0.1) is 0 Å². The van der Waals surface area contributed by atoms with Crippen molar-refractivity contribution in [3.63, 3.8) is 0 Å². The van der Waals surface area contributed by atoms with Crippen LogP contribution in [0.15, 0.2) is 48.5 Å². The standard InChI is InChI=1S/C19H25FN4/c1-14-13-21-10-11-24(14)15(2)18-12-16(20)8-9-19(18)23-22-17-6-4-3-5-7-17/h3-9,12,14-15,21-23H,10-11,13H2,1-2H3. The van der Waals surface area contributed by atoms with E-state index in [1.165, 1.54) is 6.07 Å². The Hall–Kier alpha value is -2.11. The first kappa shape index (κ1) is 16.7. The van der Waals surface area contributed by atoms with Gasteiger partial charge in [-0.2, -0.15) is 0 Å². The normalized spacial score (nSPS) is 19.7. The molecule has 1 aliphatic rings. The fourth-order valence-electron chi connectivity index (χ4n) is 3.26. The van der Waals surface area contributed by atoms with Gasteiger partial charge in [0.05, 0.1) is 11.4 Å². The van der Waals surface area contributed by atoms with Gasteiger partial charge in [0.25, 0.3) is 0 Å². The quantitative estimate of drug-likeness (QED) is 0.733. The van der Waals surface area contributed by atoms with E-state index < -0.39 is 0 Å². The number of piperazine rings is 1. The first-order valence-corrected chi connectivity index (χ1v) is 8.48. The van der Waals surface area contributed by atoms with Crippen LogP contribution in [0.5, 0.6) is 0 Å². The highest BCUT2D eigenvalue weighted by atomic mass is 19.1. The summed E-state index contributed by atoms with van der Waals surface area (Å²) in [4.78, 5) is 2.42. The number of anilines is 2. The summed E-state index contributed by atoms with van der Waals surface area (Å²) in [5.41, 5.74) is 9.25. The molecule has 0 aromatic heterocycles. The zero-order valence-corrected chi connectivity index (χ0v) is 14.2. The number of halogens is 1. The highest BCUT2D eigenvalue weighted by Gasteiger charge is 2.25. The molecule has 1 fully saturated rings. The van der Waals surface area contributed by atoms with Crippen LogP contribution < -0.4 is 16.2 Å². The fourth-order valence-corrected chi connectivity index (χ4v) is 3.26. The Morgan fingerprint density at radius 1 is 1.17 bits per heavy atom. The molecular weight excluding hydrogens is 303 g/mol. The summed E-state index contributed by atoms with van der Waals surface area (Å²) in [5, 5.41) is 3.40. The summed E-state index contributed by atoms with van der Waals surface area (Å²) in [6.07, 6.45) is 0. The molecule has 1 saturated heterocycles. The fraction of sp³-hybridized carbons (Fsp3) is 0.368. The number of benzene rings is 2. The predicted octanol–water partition coefficient (Wildman–Crippen LogP) is 3.62. The topological polar surface area (TPSA) is 39.3 Å². The highest BCUT2D eigenvalue weighted by molar-refractivity contribution is 5.57. The molecule has 0 amide bonds. The Kier molecular flexibility index (Phi) is 5.33. The van der Waals surface area contributed by atoms with E-state index in [2.05, 4.69) is 34.9 Å². The number of hydrazine groups is 1. The molecule has 2 unspecified atom stereocenters. The van der Waals surface area contributed by atoms with Crippen molar-refractivity contribution in [1.82, 2.24) is 10.2 Å². The van der Waals surface area contributed by atoms with Crippen molar-refractivity contribution in [1.29, 1.82) is 0 Å². The molecule has 5 heteroatoms. The minimum atomic E-state index is -0.204. The Morgan fingerprint density at radius 2 is 1.96 bits per heavy atom. The van der Waals surface area contributed by atoms with Gasteiger partial charge in [-0.05, 0) is 49.7 Å². The zero-order valence-electron chi connectivity index (χ0n) is 14.2. The maximum atomic E-state index is 13.9. The average molecular weight is 328 g/mol. The monoisotopic (exact) mass is 328 g/mol. The van der Waals surface area contributed by atoms with Crippen molar-refractivity contribution in [2.75, 3.05) is 30.5 Å². The summed E-state index contributed by atoms with van der Waals surface area (Å²) >= 11 is 0. The number of para-hydroxylation sites is 1. The molecule has 2 aromatic carbocycles. The summed E-state index contributed by atoms with van der Waals surface area (Å²) in [7, 11) is 0. The molecule has 128 valence electrons. The van der Waals surface area contributed by atoms with Crippen LogP contribution in [0.2, 0.25) is 0 Å². The summed E-state index contributed by atoms with van der Waals surface area (Å²) in [6.45, 7) is 7.24. The zero-order chi connectivity index (χ0) is 16.9. The second-order valence-corrected chi connectivity index (χ2v) is 6.31. The van der Waals surface area contributed by atoms with Crippen LogP contribution >= 0.6 is 0 Å². The Morgan fingerprint density at radius 3 is 2.71 bits per heavy atom. The molecule has 0 aliphatic carbocycles. The van der Waals surface area contributed by atoms with Crippen LogP contribution in [0.4, 0.5) is 15.8 Å². The third-order valence-corrected chi connectivity index (χ3v) is 4.63. The van der Waals surface area contributed by atoms with Crippen LogP contribution in [-0.4, -0.2) is 30.6 Å². The Balaban J connectivity index is 1.79. The predicted molar refractivity (Wildman–Crippen MR) is 97.5 cm³/mol. The lowest BCUT2D eigenvalue weighted by Crippen LogP contribution is -2.50. The van der Waals surface area contributed by atoms with E-state index in [1.807, 2.05) is 30.3 Å². The largest absolute Gasteiger partial charge is 0.314 e. The van der Waals surface area contributed by atoms with Crippen LogP contribution in [-0.2, 0) is 0 Å². The van der Waals surface area contributed by atoms with Crippen LogP contribution in [0.3, 0.4) is 0 Å². The van der Waals surface area contributed by atoms with Gasteiger partial charge < -0.3 is 16.2 Å². The summed E-state index contributed by atoms with van der Waals surface area (Å²) in [6, 6.07) is 15.4. The van der Waals surface area contributed by atoms with Crippen LogP contribution in [0.1, 0.15) is 25.5 Å². The van der Waals surface area contributed by atoms with E-state index in [-0.39, 0.29) is 11.9 Å². The second kappa shape index (κ2) is 7.64. The number of hydrogen-bond acceptors (Lipinski definition) is 4. The van der Waals surface area contributed by atoms with Crippen molar-refractivity contribution >= 4 is 11.4 Å². The average Bonchev–Trinajstić information content (AvgIpc) is 2.61. The Labute approximate surface area is 143 Å². The molecule has 0 saturated carbocycles. The van der Waals surface area contributed by atoms with Gasteiger partial charge in [0.15, 0.2) is 0 Å². The van der Waals surface area contributed by atoms with Gasteiger partial charge >= 0.3 is 0 Å². The molecule has 0 radical (unpaired) electrons. The molecule has 24 heavy (non-hydrogen) atoms. The summed E-state index contributed by atoms with van der Waals surface area (Å²) < 4.78 is 13.9. The third kappa shape index (κ3) is 3.86. The number of nitrogens with zero attached hydrogens (tertiary/aromatic N) is 1. The van der Waals surface area contributed by atoms with Crippen molar-refractivity contribution in [2.45, 2.75) is 25.9 Å². The van der Waals surface area contributed by atoms with Gasteiger partial charge in [0.2, 0.25) is 0 Å². The first-order valence-electron chi connectivity index (χ1n) is 8.48. The van der Waals surface area contributed by atoms with Gasteiger partial charge in [0.1, 0.15) is 5.82 Å². The van der Waals surface area contributed by atoms with E-state index in [4.69, 9.17) is 0 Å². The maximum absolute atomic E-state index is 13.9. The molecule has 3 N–H and O–H groups in total. The first-order chi connectivity index (χ1) is 11.6. The molecule has 0 spiro atoms. The maximum Gasteiger partial charge on any atom is 0.123 e. The molecular formula is C19H25FN4. The van der Waals surface area contributed by atoms with Crippen molar-refractivity contribution in [3.8, 4) is 0 Å². The Bertz CT molecular complexity index is 662. The van der Waals surface area contributed by atoms with Gasteiger partial charge in [-0.1, -0.05) is 18.2 Å². The molecule has 3 rings (SSSR count). The minimum absolute atomic E-state index is 0.137. The van der Waals surface area contributed by atoms with Gasteiger partial charge in [-0.3, -0.25) is 4.90 Å². The van der Waals surface area contributed by atoms with Crippen LogP contribution in [0.25, 0.3) is 0 Å². The molecule has 1 heterocycles. The second-order valence-electron chi connectivity index (χ2n) is 6.31. The summed E-state index contributed by atoms with van der Waals surface area (Å²) in [5.74, 6) is -0.204. The number of hydrogen-bond donors (Lipinski definition) is 3. The van der Waals surface area contributed by atoms with Gasteiger partial charge in [-0.25, -0.2) is 4.39 Å². The van der Waals surface area contributed by atoms with E-state index in [0.29, 0.717) is 6.04 Å². The molecule has 1 aliphatic heterocycles. The molecule has 2 aromatic rings. The lowest BCUT2D eigenvalue weighted by molar-refractivity contribution is 0.126. The minimum Gasteiger partial charge on any atom is -0.314 e. The van der Waals surface area contributed by atoms with E-state index >= 15 is 0 Å². The van der Waals surface area contributed by atoms with E-state index in [1.54, 1.807) is 12.1 Å². The van der Waals surface area contributed by atoms with Crippen molar-refractivity contribution < 1.29 is 4.39 Å². The smallest absolute Gasteiger partial charge is 0.123 e. The molecule has 0 bridgehead atoms. The lowest BCUT2D eigenvalue weighted by Gasteiger charge is -2.39. The van der Waals surface area contributed by atoms with Crippen molar-refractivity contribution in [2.24, 2.45) is 0 Å². The number of nitrogens with one attached hydrogen (secondary N) is 3. The molecule has 2 atom stereocenters. The van der Waals surface area contributed by atoms with E-state index in [0.717, 1.165) is 36.6 Å². The van der Waals surface area contributed by atoms with E-state index in [9.17, 15) is 4.39 Å². The highest BCUT2D eigenvalue weighted by Crippen LogP contribution is 2.30. The number of rotatable bonds is 5. The SMILES string of the molecule is CC1CNCCN1C(C)c1cc(F)ccc1NNc1ccccc1.